The number of hydrogen-bond donors (Lipinski definition) is 1. The van der Waals surface area contributed by atoms with Crippen molar-refractivity contribution in [1.29, 1.82) is 0 Å². The van der Waals surface area contributed by atoms with Crippen molar-refractivity contribution in [3.63, 3.8) is 0 Å². The van der Waals surface area contributed by atoms with E-state index in [0.29, 0.717) is 16.8 Å². The van der Waals surface area contributed by atoms with Crippen LogP contribution in [0.3, 0.4) is 0 Å². The zero-order valence-corrected chi connectivity index (χ0v) is 15.4. The lowest BCUT2D eigenvalue weighted by molar-refractivity contribution is 0.101. The molecule has 6 heteroatoms. The summed E-state index contributed by atoms with van der Waals surface area (Å²) in [6, 6.07) is 20.5. The number of rotatable bonds is 5. The van der Waals surface area contributed by atoms with E-state index in [4.69, 9.17) is 0 Å². The molecule has 3 aromatic carbocycles. The van der Waals surface area contributed by atoms with Crippen molar-refractivity contribution in [2.24, 2.45) is 0 Å². The van der Waals surface area contributed by atoms with Gasteiger partial charge in [-0.2, -0.15) is 0 Å². The maximum absolute atomic E-state index is 12.6. The number of amides is 1. The summed E-state index contributed by atoms with van der Waals surface area (Å²) in [6.45, 7) is 1.45. The molecule has 0 radical (unpaired) electrons. The van der Waals surface area contributed by atoms with Crippen LogP contribution in [0.25, 0.3) is 0 Å². The maximum atomic E-state index is 12.6. The summed E-state index contributed by atoms with van der Waals surface area (Å²) in [5, 5.41) is 2.70. The van der Waals surface area contributed by atoms with E-state index >= 15 is 0 Å². The van der Waals surface area contributed by atoms with E-state index in [1.54, 1.807) is 42.5 Å². The molecule has 0 bridgehead atoms. The van der Waals surface area contributed by atoms with Gasteiger partial charge in [0.25, 0.3) is 5.91 Å². The predicted molar refractivity (Wildman–Crippen MR) is 103 cm³/mol. The molecule has 3 aromatic rings. The largest absolute Gasteiger partial charge is 0.322 e. The first-order valence-electron chi connectivity index (χ1n) is 8.20. The fraction of sp³-hybridized carbons (Fsp3) is 0.0476. The summed E-state index contributed by atoms with van der Waals surface area (Å²) in [6.07, 6.45) is 0. The molecule has 136 valence electrons. The third-order valence-electron chi connectivity index (χ3n) is 4.01. The van der Waals surface area contributed by atoms with E-state index in [0.717, 1.165) is 0 Å². The second-order valence-electron chi connectivity index (χ2n) is 5.93. The van der Waals surface area contributed by atoms with Gasteiger partial charge in [0.05, 0.1) is 9.79 Å². The van der Waals surface area contributed by atoms with Gasteiger partial charge in [-0.1, -0.05) is 30.3 Å². The Kier molecular flexibility index (Phi) is 5.19. The first kappa shape index (κ1) is 18.5. The van der Waals surface area contributed by atoms with Gasteiger partial charge in [0.1, 0.15) is 0 Å². The molecule has 0 fully saturated rings. The first-order chi connectivity index (χ1) is 12.9. The Morgan fingerprint density at radius 1 is 0.741 bits per heavy atom. The first-order valence-corrected chi connectivity index (χ1v) is 9.69. The average molecular weight is 379 g/mol. The number of anilines is 1. The van der Waals surface area contributed by atoms with Crippen molar-refractivity contribution in [2.45, 2.75) is 16.7 Å². The van der Waals surface area contributed by atoms with Crippen LogP contribution in [0.4, 0.5) is 5.69 Å². The zero-order valence-electron chi connectivity index (χ0n) is 14.5. The molecule has 0 heterocycles. The Morgan fingerprint density at radius 3 is 2.00 bits per heavy atom. The van der Waals surface area contributed by atoms with Crippen LogP contribution < -0.4 is 5.32 Å². The van der Waals surface area contributed by atoms with Crippen molar-refractivity contribution < 1.29 is 18.0 Å². The van der Waals surface area contributed by atoms with Crippen molar-refractivity contribution in [3.8, 4) is 0 Å². The molecular formula is C21H17NO4S. The van der Waals surface area contributed by atoms with E-state index < -0.39 is 9.84 Å². The average Bonchev–Trinajstić information content (AvgIpc) is 2.69. The Hall–Kier alpha value is -3.25. The fourth-order valence-corrected chi connectivity index (χ4v) is 3.82. The van der Waals surface area contributed by atoms with Gasteiger partial charge in [-0.25, -0.2) is 8.42 Å². The van der Waals surface area contributed by atoms with E-state index in [-0.39, 0.29) is 21.5 Å². The zero-order chi connectivity index (χ0) is 19.4. The monoisotopic (exact) mass is 379 g/mol. The number of carbonyl (C=O) groups excluding carboxylic acids is 2. The Morgan fingerprint density at radius 2 is 1.37 bits per heavy atom. The highest BCUT2D eigenvalue weighted by atomic mass is 32.2. The molecule has 0 aromatic heterocycles. The lowest BCUT2D eigenvalue weighted by atomic mass is 10.1. The smallest absolute Gasteiger partial charge is 0.255 e. The second kappa shape index (κ2) is 7.55. The van der Waals surface area contributed by atoms with Crippen LogP contribution in [0.5, 0.6) is 0 Å². The minimum atomic E-state index is -3.62. The van der Waals surface area contributed by atoms with Gasteiger partial charge in [0.2, 0.25) is 9.84 Å². The molecule has 1 N–H and O–H groups in total. The summed E-state index contributed by atoms with van der Waals surface area (Å²) in [4.78, 5) is 24.1. The predicted octanol–water partition coefficient (Wildman–Crippen LogP) is 3.97. The van der Waals surface area contributed by atoms with E-state index in [9.17, 15) is 18.0 Å². The molecule has 3 rings (SSSR count). The normalized spacial score (nSPS) is 11.0. The summed E-state index contributed by atoms with van der Waals surface area (Å²) >= 11 is 0. The number of nitrogens with one attached hydrogen (secondary N) is 1. The van der Waals surface area contributed by atoms with Crippen LogP contribution in [-0.2, 0) is 9.84 Å². The van der Waals surface area contributed by atoms with Crippen LogP contribution >= 0.6 is 0 Å². The lowest BCUT2D eigenvalue weighted by Gasteiger charge is -2.08. The van der Waals surface area contributed by atoms with Crippen LogP contribution in [0.15, 0.2) is 88.7 Å². The van der Waals surface area contributed by atoms with Gasteiger partial charge >= 0.3 is 0 Å². The standard InChI is InChI=1S/C21H17NO4S/c1-15(23)17-6-5-7-18(14-17)22-21(24)16-10-12-20(13-11-16)27(25,26)19-8-3-2-4-9-19/h2-14H,1H3,(H,22,24). The van der Waals surface area contributed by atoms with E-state index in [2.05, 4.69) is 5.32 Å². The molecule has 0 saturated carbocycles. The number of sulfone groups is 1. The number of ketones is 1. The van der Waals surface area contributed by atoms with Gasteiger partial charge in [-0.05, 0) is 55.5 Å². The topological polar surface area (TPSA) is 80.3 Å². The Bertz CT molecular complexity index is 1090. The van der Waals surface area contributed by atoms with Crippen molar-refractivity contribution in [2.75, 3.05) is 5.32 Å². The fourth-order valence-electron chi connectivity index (χ4n) is 2.54. The number of benzene rings is 3. The summed E-state index contributed by atoms with van der Waals surface area (Å²) < 4.78 is 25.1. The van der Waals surface area contributed by atoms with Gasteiger partial charge < -0.3 is 5.32 Å². The molecule has 0 unspecified atom stereocenters. The minimum absolute atomic E-state index is 0.0958. The number of hydrogen-bond acceptors (Lipinski definition) is 4. The molecule has 0 aliphatic carbocycles. The quantitative estimate of drug-likeness (QED) is 0.680. The Labute approximate surface area is 157 Å². The number of Topliss-reactive ketones (excluding diaryl/α,β-unsaturated/α-hetero) is 1. The highest BCUT2D eigenvalue weighted by Crippen LogP contribution is 2.21. The molecule has 0 aliphatic heterocycles. The molecule has 27 heavy (non-hydrogen) atoms. The lowest BCUT2D eigenvalue weighted by Crippen LogP contribution is -2.12. The van der Waals surface area contributed by atoms with Gasteiger partial charge in [0.15, 0.2) is 5.78 Å². The van der Waals surface area contributed by atoms with Crippen LogP contribution in [0, 0.1) is 0 Å². The highest BCUT2D eigenvalue weighted by Gasteiger charge is 2.17. The third-order valence-corrected chi connectivity index (χ3v) is 5.79. The molecular weight excluding hydrogens is 362 g/mol. The molecule has 0 atom stereocenters. The summed E-state index contributed by atoms with van der Waals surface area (Å²) in [5.41, 5.74) is 1.31. The summed E-state index contributed by atoms with van der Waals surface area (Å²) in [7, 11) is -3.62. The molecule has 0 saturated heterocycles. The van der Waals surface area contributed by atoms with Crippen LogP contribution in [0.1, 0.15) is 27.6 Å². The number of carbonyl (C=O) groups is 2. The minimum Gasteiger partial charge on any atom is -0.322 e. The Balaban J connectivity index is 1.80. The SMILES string of the molecule is CC(=O)c1cccc(NC(=O)c2ccc(S(=O)(=O)c3ccccc3)cc2)c1. The van der Waals surface area contributed by atoms with Gasteiger partial charge in [0, 0.05) is 16.8 Å². The van der Waals surface area contributed by atoms with Crippen LogP contribution in [0.2, 0.25) is 0 Å². The highest BCUT2D eigenvalue weighted by molar-refractivity contribution is 7.91. The molecule has 1 amide bonds. The van der Waals surface area contributed by atoms with Crippen molar-refractivity contribution in [3.05, 3.63) is 90.0 Å². The van der Waals surface area contributed by atoms with Gasteiger partial charge in [-0.3, -0.25) is 9.59 Å². The van der Waals surface area contributed by atoms with Crippen molar-refractivity contribution in [1.82, 2.24) is 0 Å². The maximum Gasteiger partial charge on any atom is 0.255 e. The summed E-state index contributed by atoms with van der Waals surface area (Å²) in [5.74, 6) is -0.485. The van der Waals surface area contributed by atoms with Crippen molar-refractivity contribution >= 4 is 27.2 Å². The molecule has 0 aliphatic rings. The third kappa shape index (κ3) is 4.12. The molecule has 0 spiro atoms. The van der Waals surface area contributed by atoms with Crippen LogP contribution in [-0.4, -0.2) is 20.1 Å². The van der Waals surface area contributed by atoms with E-state index in [1.807, 2.05) is 0 Å². The van der Waals surface area contributed by atoms with E-state index in [1.165, 1.54) is 43.3 Å². The molecule has 5 nitrogen and oxygen atoms in total. The van der Waals surface area contributed by atoms with Gasteiger partial charge in [-0.15, -0.1) is 0 Å². The second-order valence-corrected chi connectivity index (χ2v) is 7.88.